The minimum absolute atomic E-state index is 0.0282. The lowest BCUT2D eigenvalue weighted by molar-refractivity contribution is -0.163. The van der Waals surface area contributed by atoms with Crippen molar-refractivity contribution in [2.24, 2.45) is 11.7 Å². The number of anilines is 1. The maximum atomic E-state index is 14.8. The largest absolute Gasteiger partial charge is 0.412 e. The van der Waals surface area contributed by atoms with Crippen molar-refractivity contribution in [3.8, 4) is 6.07 Å². The van der Waals surface area contributed by atoms with E-state index in [0.29, 0.717) is 13.0 Å². The Labute approximate surface area is 163 Å². The minimum Gasteiger partial charge on any atom is -0.365 e. The second-order valence-electron chi connectivity index (χ2n) is 7.09. The lowest BCUT2D eigenvalue weighted by atomic mass is 9.94. The van der Waals surface area contributed by atoms with Gasteiger partial charge in [-0.2, -0.15) is 18.4 Å². The van der Waals surface area contributed by atoms with Crippen LogP contribution in [0.15, 0.2) is 18.5 Å². The fraction of sp³-hybridized carbons (Fsp3) is 0.444. The van der Waals surface area contributed by atoms with E-state index in [0.717, 1.165) is 6.07 Å². The summed E-state index contributed by atoms with van der Waals surface area (Å²) in [4.78, 5) is 21.7. The molecule has 1 amide bonds. The molecule has 154 valence electrons. The maximum Gasteiger partial charge on any atom is 0.412 e. The number of hydrogen-bond acceptors (Lipinski definition) is 6. The van der Waals surface area contributed by atoms with Gasteiger partial charge in [-0.3, -0.25) is 14.8 Å². The van der Waals surface area contributed by atoms with Crippen molar-refractivity contribution in [2.45, 2.75) is 31.6 Å². The van der Waals surface area contributed by atoms with E-state index in [-0.39, 0.29) is 34.7 Å². The normalized spacial score (nSPS) is 20.9. The number of hydrogen-bond donors (Lipinski definition) is 2. The Kier molecular flexibility index (Phi) is 5.57. The molecule has 1 unspecified atom stereocenters. The molecule has 1 aromatic heterocycles. The predicted molar refractivity (Wildman–Crippen MR) is 96.2 cm³/mol. The molecule has 29 heavy (non-hydrogen) atoms. The number of nitrogens with zero attached hydrogens (tertiary/aromatic N) is 4. The molecule has 1 aromatic carbocycles. The number of halogens is 4. The van der Waals surface area contributed by atoms with E-state index >= 15 is 0 Å². The first-order chi connectivity index (χ1) is 13.6. The van der Waals surface area contributed by atoms with Gasteiger partial charge in [0.15, 0.2) is 6.04 Å². The van der Waals surface area contributed by atoms with Gasteiger partial charge in [0, 0.05) is 31.5 Å². The van der Waals surface area contributed by atoms with Crippen LogP contribution in [-0.2, 0) is 4.79 Å². The van der Waals surface area contributed by atoms with E-state index in [1.165, 1.54) is 12.4 Å². The van der Waals surface area contributed by atoms with E-state index in [4.69, 9.17) is 5.73 Å². The Hall–Kier alpha value is -3.00. The molecule has 2 aromatic rings. The Morgan fingerprint density at radius 1 is 1.34 bits per heavy atom. The quantitative estimate of drug-likeness (QED) is 0.748. The van der Waals surface area contributed by atoms with Crippen LogP contribution in [0.2, 0.25) is 0 Å². The van der Waals surface area contributed by atoms with E-state index in [1.54, 1.807) is 4.90 Å². The summed E-state index contributed by atoms with van der Waals surface area (Å²) >= 11 is 0. The van der Waals surface area contributed by atoms with Gasteiger partial charge in [0.05, 0.1) is 5.56 Å². The molecule has 0 bridgehead atoms. The number of nitrogens with one attached hydrogen (secondary N) is 1. The summed E-state index contributed by atoms with van der Waals surface area (Å²) in [6.45, 7) is 2.30. The van der Waals surface area contributed by atoms with Crippen LogP contribution in [0.5, 0.6) is 0 Å². The first-order valence-corrected chi connectivity index (χ1v) is 8.82. The number of amides is 1. The summed E-state index contributed by atoms with van der Waals surface area (Å²) in [7, 11) is 0. The molecule has 1 saturated heterocycles. The third-order valence-electron chi connectivity index (χ3n) is 4.75. The molecule has 0 saturated carbocycles. The molecule has 0 spiro atoms. The topological polar surface area (TPSA) is 108 Å². The highest BCUT2D eigenvalue weighted by Gasteiger charge is 2.43. The summed E-state index contributed by atoms with van der Waals surface area (Å²) in [5.41, 5.74) is 5.49. The molecule has 1 aliphatic heterocycles. The maximum absolute atomic E-state index is 14.8. The van der Waals surface area contributed by atoms with Crippen molar-refractivity contribution in [1.29, 1.82) is 5.26 Å². The molecule has 1 aliphatic rings. The third-order valence-corrected chi connectivity index (χ3v) is 4.75. The number of piperidine rings is 1. The van der Waals surface area contributed by atoms with Crippen LogP contribution in [-0.4, -0.2) is 47.2 Å². The first kappa shape index (κ1) is 20.7. The molecule has 3 N–H and O–H groups in total. The average molecular weight is 410 g/mol. The van der Waals surface area contributed by atoms with Crippen LogP contribution >= 0.6 is 0 Å². The third kappa shape index (κ3) is 4.22. The zero-order chi connectivity index (χ0) is 21.3. The van der Waals surface area contributed by atoms with Crippen LogP contribution in [0.4, 0.5) is 23.2 Å². The highest BCUT2D eigenvalue weighted by Crippen LogP contribution is 2.33. The number of rotatable bonds is 3. The highest BCUT2D eigenvalue weighted by atomic mass is 19.4. The van der Waals surface area contributed by atoms with E-state index < -0.39 is 30.0 Å². The van der Waals surface area contributed by atoms with Crippen molar-refractivity contribution < 1.29 is 22.4 Å². The van der Waals surface area contributed by atoms with Gasteiger partial charge < -0.3 is 16.0 Å². The number of fused-ring (bicyclic) bond motifs is 1. The molecule has 0 radical (unpaired) electrons. The number of carbonyl (C=O) groups excluding carboxylic acids is 1. The smallest absolute Gasteiger partial charge is 0.365 e. The van der Waals surface area contributed by atoms with Crippen LogP contribution in [0.3, 0.4) is 0 Å². The molecule has 1 fully saturated rings. The molecule has 3 atom stereocenters. The molecule has 11 heteroatoms. The van der Waals surface area contributed by atoms with Crippen molar-refractivity contribution in [3.05, 3.63) is 29.8 Å². The van der Waals surface area contributed by atoms with Crippen LogP contribution in [0, 0.1) is 23.1 Å². The molecule has 7 nitrogen and oxygen atoms in total. The molecule has 0 aliphatic carbocycles. The lowest BCUT2D eigenvalue weighted by Crippen LogP contribution is -2.57. The monoisotopic (exact) mass is 410 g/mol. The molecular weight excluding hydrogens is 392 g/mol. The van der Waals surface area contributed by atoms with Crippen LogP contribution < -0.4 is 16.0 Å². The molecular formula is C18H18F4N6O. The molecule has 2 heterocycles. The Bertz CT molecular complexity index is 973. The van der Waals surface area contributed by atoms with Gasteiger partial charge >= 0.3 is 6.18 Å². The van der Waals surface area contributed by atoms with Crippen molar-refractivity contribution >= 4 is 22.6 Å². The van der Waals surface area contributed by atoms with Gasteiger partial charge in [-0.05, 0) is 18.4 Å². The zero-order valence-electron chi connectivity index (χ0n) is 15.4. The summed E-state index contributed by atoms with van der Waals surface area (Å²) in [5.74, 6) is -2.08. The van der Waals surface area contributed by atoms with E-state index in [1.807, 2.05) is 13.0 Å². The number of carbonyl (C=O) groups is 1. The van der Waals surface area contributed by atoms with Crippen molar-refractivity contribution in [2.75, 3.05) is 18.0 Å². The number of benzene rings is 1. The van der Waals surface area contributed by atoms with Gasteiger partial charge in [0.1, 0.15) is 28.6 Å². The van der Waals surface area contributed by atoms with Gasteiger partial charge in [-0.1, -0.05) is 6.92 Å². The Morgan fingerprint density at radius 3 is 2.62 bits per heavy atom. The minimum atomic E-state index is -4.85. The van der Waals surface area contributed by atoms with Crippen molar-refractivity contribution in [1.82, 2.24) is 15.3 Å². The van der Waals surface area contributed by atoms with Gasteiger partial charge in [0.25, 0.3) is 0 Å². The zero-order valence-corrected chi connectivity index (χ0v) is 15.4. The standard InChI is InChI=1S/C18H18F4N6O/c1-9-4-11(27-17(29)16(24)18(20,21)22)8-28(7-9)15-12(19)5-10(6-23)13-14(15)26-3-2-25-13/h2-3,5,9,11,16H,4,7-8,24H2,1H3,(H,27,29)/t9-,11+,16?/m0/s1. The second-order valence-corrected chi connectivity index (χ2v) is 7.09. The fourth-order valence-corrected chi connectivity index (χ4v) is 3.55. The average Bonchev–Trinajstić information content (AvgIpc) is 2.65. The molecule has 3 rings (SSSR count). The predicted octanol–water partition coefficient (Wildman–Crippen LogP) is 1.86. The summed E-state index contributed by atoms with van der Waals surface area (Å²) in [6.07, 6.45) is -1.70. The van der Waals surface area contributed by atoms with Gasteiger partial charge in [-0.25, -0.2) is 4.39 Å². The SMILES string of the molecule is C[C@H]1C[C@@H](NC(=O)C(N)C(F)(F)F)CN(c2c(F)cc(C#N)c3nccnc23)C1. The van der Waals surface area contributed by atoms with Crippen LogP contribution in [0.1, 0.15) is 18.9 Å². The van der Waals surface area contributed by atoms with E-state index in [2.05, 4.69) is 15.3 Å². The van der Waals surface area contributed by atoms with Crippen LogP contribution in [0.25, 0.3) is 11.0 Å². The van der Waals surface area contributed by atoms with Gasteiger partial charge in [0.2, 0.25) is 5.91 Å². The Morgan fingerprint density at radius 2 is 2.00 bits per heavy atom. The van der Waals surface area contributed by atoms with Crippen molar-refractivity contribution in [3.63, 3.8) is 0 Å². The second kappa shape index (κ2) is 7.79. The summed E-state index contributed by atoms with van der Waals surface area (Å²) < 4.78 is 52.9. The lowest BCUT2D eigenvalue weighted by Gasteiger charge is -2.39. The summed E-state index contributed by atoms with van der Waals surface area (Å²) in [5, 5.41) is 11.5. The Balaban J connectivity index is 1.91. The first-order valence-electron chi connectivity index (χ1n) is 8.82. The number of nitrogens with two attached hydrogens (primary N) is 1. The number of aromatic nitrogens is 2. The number of nitriles is 1. The highest BCUT2D eigenvalue weighted by molar-refractivity contribution is 5.92. The van der Waals surface area contributed by atoms with E-state index in [9.17, 15) is 27.6 Å². The van der Waals surface area contributed by atoms with Gasteiger partial charge in [-0.15, -0.1) is 0 Å². The fourth-order valence-electron chi connectivity index (χ4n) is 3.55. The number of alkyl halides is 3. The summed E-state index contributed by atoms with van der Waals surface area (Å²) in [6, 6.07) is -0.371.